The number of nitrogens with zero attached hydrogens (tertiary/aromatic N) is 1. The van der Waals surface area contributed by atoms with Gasteiger partial charge in [-0.2, -0.15) is 0 Å². The molecule has 0 aliphatic carbocycles. The van der Waals surface area contributed by atoms with E-state index in [2.05, 4.69) is 4.90 Å². The number of hydrogen-bond acceptors (Lipinski definition) is 4. The second-order valence-corrected chi connectivity index (χ2v) is 5.16. The third-order valence-corrected chi connectivity index (χ3v) is 3.77. The summed E-state index contributed by atoms with van der Waals surface area (Å²) in [4.78, 5) is 2.41. The summed E-state index contributed by atoms with van der Waals surface area (Å²) >= 11 is 0. The van der Waals surface area contributed by atoms with Gasteiger partial charge >= 0.3 is 0 Å². The fourth-order valence-corrected chi connectivity index (χ4v) is 2.92. The number of aromatic hydroxyl groups is 1. The van der Waals surface area contributed by atoms with Crippen LogP contribution in [-0.2, 0) is 11.3 Å². The average Bonchev–Trinajstić information content (AvgIpc) is 2.69. The molecule has 1 aromatic carbocycles. The Kier molecular flexibility index (Phi) is 3.14. The van der Waals surface area contributed by atoms with E-state index in [4.69, 9.17) is 9.47 Å². The van der Waals surface area contributed by atoms with Crippen LogP contribution in [-0.4, -0.2) is 42.4 Å². The zero-order chi connectivity index (χ0) is 12.5. The molecular formula is C14H19NO3. The second kappa shape index (κ2) is 4.78. The van der Waals surface area contributed by atoms with Gasteiger partial charge in [0.1, 0.15) is 0 Å². The molecule has 0 radical (unpaired) electrons. The molecule has 0 amide bonds. The Morgan fingerprint density at radius 3 is 2.67 bits per heavy atom. The van der Waals surface area contributed by atoms with E-state index in [0.717, 1.165) is 25.2 Å². The summed E-state index contributed by atoms with van der Waals surface area (Å²) in [5.41, 5.74) is 1.12. The molecule has 0 aromatic heterocycles. The molecule has 3 rings (SSSR count). The normalized spacial score (nSPS) is 27.4. The first-order chi connectivity index (χ1) is 8.74. The first kappa shape index (κ1) is 11.8. The number of phenolic OH excluding ortho intramolecular Hbond substituents is 1. The Hall–Kier alpha value is -1.26. The Morgan fingerprint density at radius 1 is 1.33 bits per heavy atom. The van der Waals surface area contributed by atoms with Gasteiger partial charge in [0.15, 0.2) is 11.5 Å². The van der Waals surface area contributed by atoms with E-state index >= 15 is 0 Å². The maximum Gasteiger partial charge on any atom is 0.160 e. The Bertz CT molecular complexity index is 423. The Labute approximate surface area is 107 Å². The summed E-state index contributed by atoms with van der Waals surface area (Å²) in [5, 5.41) is 9.77. The predicted octanol–water partition coefficient (Wildman–Crippen LogP) is 1.76. The molecule has 2 unspecified atom stereocenters. The summed E-state index contributed by atoms with van der Waals surface area (Å²) in [5.74, 6) is 0.743. The molecular weight excluding hydrogens is 230 g/mol. The third-order valence-electron chi connectivity index (χ3n) is 3.77. The first-order valence-electron chi connectivity index (χ1n) is 6.48. The van der Waals surface area contributed by atoms with Crippen LogP contribution in [0.5, 0.6) is 11.5 Å². The van der Waals surface area contributed by atoms with E-state index in [9.17, 15) is 5.11 Å². The molecule has 2 heterocycles. The van der Waals surface area contributed by atoms with E-state index in [0.29, 0.717) is 18.0 Å². The SMILES string of the molecule is COc1ccc(CN2CC3CCC(C2)O3)cc1O. The largest absolute Gasteiger partial charge is 0.504 e. The first-order valence-corrected chi connectivity index (χ1v) is 6.48. The van der Waals surface area contributed by atoms with Crippen molar-refractivity contribution in [2.75, 3.05) is 20.2 Å². The van der Waals surface area contributed by atoms with Crippen molar-refractivity contribution in [2.24, 2.45) is 0 Å². The van der Waals surface area contributed by atoms with E-state index in [1.165, 1.54) is 12.8 Å². The minimum Gasteiger partial charge on any atom is -0.504 e. The van der Waals surface area contributed by atoms with Gasteiger partial charge in [0.2, 0.25) is 0 Å². The van der Waals surface area contributed by atoms with Crippen LogP contribution in [0.4, 0.5) is 0 Å². The highest BCUT2D eigenvalue weighted by Gasteiger charge is 2.33. The molecule has 18 heavy (non-hydrogen) atoms. The summed E-state index contributed by atoms with van der Waals surface area (Å²) in [6, 6.07) is 5.62. The number of benzene rings is 1. The summed E-state index contributed by atoms with van der Waals surface area (Å²) in [6.45, 7) is 2.88. The molecule has 1 aromatic rings. The summed E-state index contributed by atoms with van der Waals surface area (Å²) < 4.78 is 10.9. The van der Waals surface area contributed by atoms with Crippen molar-refractivity contribution in [1.82, 2.24) is 4.90 Å². The number of rotatable bonds is 3. The van der Waals surface area contributed by atoms with Crippen LogP contribution in [0.3, 0.4) is 0 Å². The van der Waals surface area contributed by atoms with Gasteiger partial charge in [-0.3, -0.25) is 4.90 Å². The number of methoxy groups -OCH3 is 1. The van der Waals surface area contributed by atoms with Crippen LogP contribution in [0.2, 0.25) is 0 Å². The maximum atomic E-state index is 9.77. The predicted molar refractivity (Wildman–Crippen MR) is 67.8 cm³/mol. The minimum atomic E-state index is 0.214. The molecule has 2 bridgehead atoms. The van der Waals surface area contributed by atoms with Gasteiger partial charge in [0.25, 0.3) is 0 Å². The lowest BCUT2D eigenvalue weighted by Crippen LogP contribution is -2.41. The van der Waals surface area contributed by atoms with Crippen molar-refractivity contribution in [3.8, 4) is 11.5 Å². The fourth-order valence-electron chi connectivity index (χ4n) is 2.92. The lowest BCUT2D eigenvalue weighted by Gasteiger charge is -2.32. The molecule has 2 aliphatic heterocycles. The standard InChI is InChI=1S/C14H19NO3/c1-17-14-5-2-10(6-13(14)16)7-15-8-11-3-4-12(9-15)18-11/h2,5-6,11-12,16H,3-4,7-9H2,1H3. The fraction of sp³-hybridized carbons (Fsp3) is 0.571. The average molecular weight is 249 g/mol. The molecule has 0 spiro atoms. The van der Waals surface area contributed by atoms with Crippen molar-refractivity contribution in [1.29, 1.82) is 0 Å². The number of likely N-dealkylation sites (tertiary alicyclic amines) is 1. The van der Waals surface area contributed by atoms with E-state index in [1.807, 2.05) is 12.1 Å². The van der Waals surface area contributed by atoms with Crippen LogP contribution < -0.4 is 4.74 Å². The summed E-state index contributed by atoms with van der Waals surface area (Å²) in [6.07, 6.45) is 3.20. The highest BCUT2D eigenvalue weighted by Crippen LogP contribution is 2.29. The van der Waals surface area contributed by atoms with Crippen LogP contribution in [0.25, 0.3) is 0 Å². The van der Waals surface area contributed by atoms with Crippen molar-refractivity contribution >= 4 is 0 Å². The monoisotopic (exact) mass is 249 g/mol. The molecule has 2 saturated heterocycles. The minimum absolute atomic E-state index is 0.214. The molecule has 2 aliphatic rings. The molecule has 98 valence electrons. The molecule has 2 atom stereocenters. The van der Waals surface area contributed by atoms with Gasteiger partial charge in [-0.1, -0.05) is 6.07 Å². The number of morpholine rings is 1. The number of hydrogen-bond donors (Lipinski definition) is 1. The molecule has 0 saturated carbocycles. The quantitative estimate of drug-likeness (QED) is 0.886. The van der Waals surface area contributed by atoms with Crippen LogP contribution in [0.15, 0.2) is 18.2 Å². The lowest BCUT2D eigenvalue weighted by molar-refractivity contribution is -0.0410. The van der Waals surface area contributed by atoms with Gasteiger partial charge in [-0.05, 0) is 30.5 Å². The van der Waals surface area contributed by atoms with E-state index in [1.54, 1.807) is 13.2 Å². The topological polar surface area (TPSA) is 41.9 Å². The molecule has 2 fully saturated rings. The van der Waals surface area contributed by atoms with Gasteiger partial charge in [0.05, 0.1) is 19.3 Å². The van der Waals surface area contributed by atoms with Gasteiger partial charge < -0.3 is 14.6 Å². The smallest absolute Gasteiger partial charge is 0.160 e. The van der Waals surface area contributed by atoms with Crippen LogP contribution >= 0.6 is 0 Å². The summed E-state index contributed by atoms with van der Waals surface area (Å²) in [7, 11) is 1.56. The molecule has 4 heteroatoms. The lowest BCUT2D eigenvalue weighted by atomic mass is 10.1. The van der Waals surface area contributed by atoms with Crippen LogP contribution in [0.1, 0.15) is 18.4 Å². The van der Waals surface area contributed by atoms with Gasteiger partial charge in [-0.25, -0.2) is 0 Å². The van der Waals surface area contributed by atoms with E-state index < -0.39 is 0 Å². The second-order valence-electron chi connectivity index (χ2n) is 5.16. The van der Waals surface area contributed by atoms with Crippen molar-refractivity contribution < 1.29 is 14.6 Å². The van der Waals surface area contributed by atoms with Crippen molar-refractivity contribution in [2.45, 2.75) is 31.6 Å². The highest BCUT2D eigenvalue weighted by atomic mass is 16.5. The van der Waals surface area contributed by atoms with Crippen molar-refractivity contribution in [3.63, 3.8) is 0 Å². The van der Waals surface area contributed by atoms with Crippen molar-refractivity contribution in [3.05, 3.63) is 23.8 Å². The Morgan fingerprint density at radius 2 is 2.06 bits per heavy atom. The molecule has 1 N–H and O–H groups in total. The zero-order valence-corrected chi connectivity index (χ0v) is 10.6. The maximum absolute atomic E-state index is 9.77. The van der Waals surface area contributed by atoms with Crippen LogP contribution in [0, 0.1) is 0 Å². The van der Waals surface area contributed by atoms with Gasteiger partial charge in [0, 0.05) is 19.6 Å². The van der Waals surface area contributed by atoms with E-state index in [-0.39, 0.29) is 5.75 Å². The Balaban J connectivity index is 1.67. The highest BCUT2D eigenvalue weighted by molar-refractivity contribution is 5.41. The zero-order valence-electron chi connectivity index (χ0n) is 10.6. The number of ether oxygens (including phenoxy) is 2. The van der Waals surface area contributed by atoms with Gasteiger partial charge in [-0.15, -0.1) is 0 Å². The molecule has 4 nitrogen and oxygen atoms in total. The third kappa shape index (κ3) is 2.31. The number of fused-ring (bicyclic) bond motifs is 2. The number of phenols is 1.